The summed E-state index contributed by atoms with van der Waals surface area (Å²) in [5, 5.41) is 3.04. The van der Waals surface area contributed by atoms with Crippen molar-refractivity contribution in [2.45, 2.75) is 264 Å². The first-order valence-electron chi connectivity index (χ1n) is 30.6. The predicted molar refractivity (Wildman–Crippen MR) is 323 cm³/mol. The van der Waals surface area contributed by atoms with E-state index in [-0.39, 0.29) is 31.5 Å². The monoisotopic (exact) mass is 1070 g/mol. The Morgan fingerprint density at radius 3 is 1.33 bits per heavy atom. The van der Waals surface area contributed by atoms with E-state index in [1.54, 1.807) is 0 Å². The van der Waals surface area contributed by atoms with Crippen LogP contribution in [-0.2, 0) is 27.9 Å². The first-order chi connectivity index (χ1) is 36.4. The van der Waals surface area contributed by atoms with Crippen LogP contribution in [0.2, 0.25) is 0 Å². The maximum absolute atomic E-state index is 13.5. The summed E-state index contributed by atoms with van der Waals surface area (Å²) < 4.78 is 30.7. The highest BCUT2D eigenvalue weighted by Gasteiger charge is 2.30. The van der Waals surface area contributed by atoms with Crippen molar-refractivity contribution in [2.75, 3.05) is 40.9 Å². The number of ether oxygens (including phenoxy) is 1. The van der Waals surface area contributed by atoms with Gasteiger partial charge in [-0.15, -0.1) is 0 Å². The molecule has 432 valence electrons. The van der Waals surface area contributed by atoms with E-state index in [0.717, 1.165) is 64.2 Å². The maximum Gasteiger partial charge on any atom is 0.472 e. The van der Waals surface area contributed by atoms with Gasteiger partial charge in [-0.3, -0.25) is 18.6 Å². The molecule has 0 fully saturated rings. The van der Waals surface area contributed by atoms with Crippen LogP contribution in [0.15, 0.2) is 97.2 Å². The number of nitrogens with zero attached hydrogens (tertiary/aromatic N) is 1. The number of esters is 1. The molecule has 3 unspecified atom stereocenters. The minimum atomic E-state index is -4.46. The zero-order chi connectivity index (χ0) is 55.0. The molecule has 0 radical (unpaired) electrons. The van der Waals surface area contributed by atoms with Crippen molar-refractivity contribution in [2.24, 2.45) is 0 Å². The van der Waals surface area contributed by atoms with Gasteiger partial charge in [0, 0.05) is 12.8 Å². The molecule has 0 aromatic carbocycles. The number of phosphoric acid groups is 1. The molecule has 10 heteroatoms. The highest BCUT2D eigenvalue weighted by Crippen LogP contribution is 2.43. The summed E-state index contributed by atoms with van der Waals surface area (Å²) in [7, 11) is 1.46. The molecule has 0 saturated heterocycles. The fourth-order valence-electron chi connectivity index (χ4n) is 8.44. The predicted octanol–water partition coefficient (Wildman–Crippen LogP) is 18.8. The molecule has 0 aliphatic carbocycles. The minimum absolute atomic E-state index is 0.0280. The number of carbonyl (C=O) groups excluding carboxylic acids is 2. The Morgan fingerprint density at radius 1 is 0.480 bits per heavy atom. The average Bonchev–Trinajstić information content (AvgIpc) is 3.37. The number of rotatable bonds is 54. The summed E-state index contributed by atoms with van der Waals surface area (Å²) in [6, 6.07) is -0.873. The summed E-state index contributed by atoms with van der Waals surface area (Å²) in [5.74, 6) is -0.560. The number of unbranched alkanes of at least 4 members (excludes halogenated alkanes) is 29. The van der Waals surface area contributed by atoms with E-state index in [0.29, 0.717) is 23.9 Å². The summed E-state index contributed by atoms with van der Waals surface area (Å²) >= 11 is 0. The van der Waals surface area contributed by atoms with Crippen LogP contribution in [0.3, 0.4) is 0 Å². The lowest BCUT2D eigenvalue weighted by Crippen LogP contribution is -2.47. The molecule has 2 N–H and O–H groups in total. The molecule has 0 aliphatic rings. The second-order valence-corrected chi connectivity index (χ2v) is 23.1. The van der Waals surface area contributed by atoms with Gasteiger partial charge >= 0.3 is 13.8 Å². The molecule has 0 heterocycles. The van der Waals surface area contributed by atoms with Crippen molar-refractivity contribution in [1.29, 1.82) is 0 Å². The molecule has 0 bridgehead atoms. The van der Waals surface area contributed by atoms with Crippen LogP contribution in [-0.4, -0.2) is 74.3 Å². The average molecular weight is 1070 g/mol. The second-order valence-electron chi connectivity index (χ2n) is 21.6. The number of nitrogens with one attached hydrogen (secondary N) is 1. The first-order valence-corrected chi connectivity index (χ1v) is 32.1. The second kappa shape index (κ2) is 54.3. The summed E-state index contributed by atoms with van der Waals surface area (Å²) in [6.07, 6.45) is 72.6. The van der Waals surface area contributed by atoms with Crippen molar-refractivity contribution in [3.05, 3.63) is 97.2 Å². The van der Waals surface area contributed by atoms with E-state index in [4.69, 9.17) is 13.8 Å². The quantitative estimate of drug-likeness (QED) is 0.0156. The number of hydrogen-bond acceptors (Lipinski definition) is 6. The third-order valence-corrected chi connectivity index (χ3v) is 14.2. The van der Waals surface area contributed by atoms with E-state index < -0.39 is 20.0 Å². The fourth-order valence-corrected chi connectivity index (χ4v) is 9.17. The standard InChI is InChI=1S/C65H115N2O7P/c1-7-10-13-16-19-22-25-28-30-32-33-35-36-39-42-45-48-51-54-57-64(68)66-62(61-73-75(70,71)72-60-59-67(4,5)6)63(56-53-50-47-44-41-38-27-24-21-18-15-12-9-3)74-65(69)58-55-52-49-46-43-40-37-34-31-29-26-23-20-17-14-11-8-2/h11,14,17,20,23,26,28-31,34,37,40,43,53,56,62-63H,7-10,12-13,15-16,18-19,21-22,24-25,27,32-33,35-36,38-39,41-42,44-52,54-55,57-61H2,1-6H3,(H-,66,68,70,71)/p+1/b14-11-,20-17+,26-23+,30-28+,31-29-,37-34+,43-40+,56-53+. The lowest BCUT2D eigenvalue weighted by Gasteiger charge is -2.27. The van der Waals surface area contributed by atoms with Crippen molar-refractivity contribution in [3.63, 3.8) is 0 Å². The van der Waals surface area contributed by atoms with Gasteiger partial charge in [-0.25, -0.2) is 4.57 Å². The van der Waals surface area contributed by atoms with Crippen molar-refractivity contribution in [3.8, 4) is 0 Å². The highest BCUT2D eigenvalue weighted by atomic mass is 31.2. The molecule has 0 aromatic rings. The number of phosphoric ester groups is 1. The zero-order valence-electron chi connectivity index (χ0n) is 49.3. The van der Waals surface area contributed by atoms with Crippen LogP contribution in [0.5, 0.6) is 0 Å². The van der Waals surface area contributed by atoms with Gasteiger partial charge < -0.3 is 19.4 Å². The third kappa shape index (κ3) is 55.5. The Kier molecular flexibility index (Phi) is 52.1. The minimum Gasteiger partial charge on any atom is -0.456 e. The highest BCUT2D eigenvalue weighted by molar-refractivity contribution is 7.47. The van der Waals surface area contributed by atoms with Gasteiger partial charge in [0.25, 0.3) is 0 Å². The molecular weight excluding hydrogens is 952 g/mol. The van der Waals surface area contributed by atoms with Crippen LogP contribution in [0.4, 0.5) is 0 Å². The topological polar surface area (TPSA) is 111 Å². The Bertz CT molecular complexity index is 1610. The molecular formula is C65H116N2O7P+. The lowest BCUT2D eigenvalue weighted by atomic mass is 10.0. The van der Waals surface area contributed by atoms with E-state index in [1.165, 1.54) is 148 Å². The fraction of sp³-hybridized carbons (Fsp3) is 0.723. The molecule has 0 aromatic heterocycles. The van der Waals surface area contributed by atoms with E-state index in [1.807, 2.05) is 94.1 Å². The SMILES string of the molecule is CC\C=C/C=C/C=C/C=C\C=C\C=C\CCCCCC(=O)OC(/C=C/CCCCCCCCCCCCC)C(COP(=O)(O)OCC[N+](C)(C)C)NC(=O)CCCCCCCCCCC/C=C/CCCCCCCC. The lowest BCUT2D eigenvalue weighted by molar-refractivity contribution is -0.870. The summed E-state index contributed by atoms with van der Waals surface area (Å²) in [5.41, 5.74) is 0. The molecule has 3 atom stereocenters. The van der Waals surface area contributed by atoms with Crippen LogP contribution < -0.4 is 5.32 Å². The normalized spacial score (nSPS) is 14.4. The molecule has 0 saturated carbocycles. The van der Waals surface area contributed by atoms with Crippen LogP contribution in [0, 0.1) is 0 Å². The molecule has 9 nitrogen and oxygen atoms in total. The van der Waals surface area contributed by atoms with Gasteiger partial charge in [0.05, 0.1) is 33.8 Å². The van der Waals surface area contributed by atoms with Crippen molar-refractivity contribution in [1.82, 2.24) is 5.32 Å². The molecule has 0 aliphatic heterocycles. The van der Waals surface area contributed by atoms with Crippen LogP contribution in [0.1, 0.15) is 252 Å². The number of quaternary nitrogens is 1. The molecule has 0 spiro atoms. The number of likely N-dealkylation sites (N-methyl/N-ethyl adjacent to an activating group) is 1. The number of allylic oxidation sites excluding steroid dienone is 15. The summed E-state index contributed by atoms with van der Waals surface area (Å²) in [4.78, 5) is 37.7. The van der Waals surface area contributed by atoms with Crippen LogP contribution in [0.25, 0.3) is 0 Å². The van der Waals surface area contributed by atoms with Gasteiger partial charge in [-0.2, -0.15) is 0 Å². The molecule has 0 rings (SSSR count). The molecule has 75 heavy (non-hydrogen) atoms. The van der Waals surface area contributed by atoms with E-state index >= 15 is 0 Å². The number of carbonyl (C=O) groups is 2. The zero-order valence-corrected chi connectivity index (χ0v) is 50.2. The largest absolute Gasteiger partial charge is 0.472 e. The summed E-state index contributed by atoms with van der Waals surface area (Å²) in [6.45, 7) is 6.83. The number of hydrogen-bond donors (Lipinski definition) is 2. The van der Waals surface area contributed by atoms with E-state index in [2.05, 4.69) is 50.4 Å². The van der Waals surface area contributed by atoms with Gasteiger partial charge in [0.2, 0.25) is 5.91 Å². The Balaban J connectivity index is 5.39. The number of amides is 1. The van der Waals surface area contributed by atoms with Gasteiger partial charge in [0.15, 0.2) is 0 Å². The van der Waals surface area contributed by atoms with Crippen molar-refractivity contribution >= 4 is 19.7 Å². The van der Waals surface area contributed by atoms with Gasteiger partial charge in [0.1, 0.15) is 19.3 Å². The van der Waals surface area contributed by atoms with Gasteiger partial charge in [-0.1, -0.05) is 260 Å². The smallest absolute Gasteiger partial charge is 0.456 e. The Hall–Kier alpha value is -3.07. The Morgan fingerprint density at radius 2 is 0.867 bits per heavy atom. The van der Waals surface area contributed by atoms with E-state index in [9.17, 15) is 19.0 Å². The Labute approximate surface area is 462 Å². The first kappa shape index (κ1) is 71.9. The maximum atomic E-state index is 13.5. The third-order valence-electron chi connectivity index (χ3n) is 13.2. The van der Waals surface area contributed by atoms with Crippen LogP contribution >= 0.6 is 7.82 Å². The van der Waals surface area contributed by atoms with Gasteiger partial charge in [-0.05, 0) is 76.7 Å². The molecule has 1 amide bonds. The van der Waals surface area contributed by atoms with Crippen molar-refractivity contribution < 1.29 is 37.3 Å².